The maximum Gasteiger partial charge on any atom is 0.219 e. The predicted molar refractivity (Wildman–Crippen MR) is 200 cm³/mol. The van der Waals surface area contributed by atoms with Crippen molar-refractivity contribution in [3.05, 3.63) is 24.3 Å². The third kappa shape index (κ3) is 28.4. The monoisotopic (exact) mass is 628 g/mol. The van der Waals surface area contributed by atoms with E-state index < -0.39 is 0 Å². The van der Waals surface area contributed by atoms with Gasteiger partial charge in [0.25, 0.3) is 0 Å². The molecule has 1 aliphatic rings. The molecule has 4 nitrogen and oxygen atoms in total. The maximum atomic E-state index is 12.3. The summed E-state index contributed by atoms with van der Waals surface area (Å²) in [7, 11) is 0. The van der Waals surface area contributed by atoms with Crippen LogP contribution in [0.2, 0.25) is 0 Å². The molecule has 1 rings (SSSR count). The lowest BCUT2D eigenvalue weighted by molar-refractivity contribution is -0.121. The first kappa shape index (κ1) is 41.4. The van der Waals surface area contributed by atoms with Crippen LogP contribution in [0.25, 0.3) is 0 Å². The molecule has 0 fully saturated rings. The van der Waals surface area contributed by atoms with Gasteiger partial charge >= 0.3 is 0 Å². The van der Waals surface area contributed by atoms with E-state index >= 15 is 0 Å². The summed E-state index contributed by atoms with van der Waals surface area (Å²) in [6.45, 7) is 7.28. The number of hydrogen-bond acceptors (Lipinski definition) is 3. The highest BCUT2D eigenvalue weighted by molar-refractivity contribution is 5.85. The number of unbranched alkanes of at least 4 members (excludes halogenated alkanes) is 21. The minimum absolute atomic E-state index is 0.238. The number of rotatable bonds is 34. The quantitative estimate of drug-likeness (QED) is 0.0551. The van der Waals surface area contributed by atoms with Gasteiger partial charge in [0.15, 0.2) is 0 Å². The fourth-order valence-electron chi connectivity index (χ4n) is 6.41. The largest absolute Gasteiger partial charge is 0.372 e. The van der Waals surface area contributed by atoms with E-state index in [2.05, 4.69) is 48.8 Å². The molecule has 0 aromatic carbocycles. The lowest BCUT2D eigenvalue weighted by atomic mass is 9.94. The van der Waals surface area contributed by atoms with Crippen LogP contribution in [0.4, 0.5) is 0 Å². The summed E-state index contributed by atoms with van der Waals surface area (Å²) in [6.07, 6.45) is 46.6. The van der Waals surface area contributed by atoms with Gasteiger partial charge in [-0.1, -0.05) is 141 Å². The van der Waals surface area contributed by atoms with Crippen molar-refractivity contribution in [2.45, 2.75) is 200 Å². The van der Waals surface area contributed by atoms with Gasteiger partial charge in [0.05, 0.1) is 12.4 Å². The molecule has 1 atom stereocenters. The summed E-state index contributed by atoms with van der Waals surface area (Å²) >= 11 is 0. The van der Waals surface area contributed by atoms with Gasteiger partial charge in [0, 0.05) is 25.4 Å². The molecule has 0 bridgehead atoms. The number of aliphatic imine (C=N–C) groups is 1. The van der Waals surface area contributed by atoms with Crippen LogP contribution < -0.4 is 10.6 Å². The van der Waals surface area contributed by atoms with E-state index in [1.54, 1.807) is 0 Å². The van der Waals surface area contributed by atoms with Crippen molar-refractivity contribution in [1.82, 2.24) is 10.6 Å². The van der Waals surface area contributed by atoms with E-state index in [-0.39, 0.29) is 5.91 Å². The number of carbonyl (C=O) groups is 1. The molecule has 1 unspecified atom stereocenters. The minimum atomic E-state index is 0.238. The highest BCUT2D eigenvalue weighted by Crippen LogP contribution is 2.19. The third-order valence-electron chi connectivity index (χ3n) is 9.37. The van der Waals surface area contributed by atoms with Crippen molar-refractivity contribution >= 4 is 11.7 Å². The first-order valence-corrected chi connectivity index (χ1v) is 20.1. The molecule has 1 heterocycles. The molecule has 4 heteroatoms. The standard InChI is InChI=1S/C41H77N3O/c1-3-5-7-9-11-13-15-17-19-21-23-25-27-29-31-35-40(45)42-36-32-34-39(41-43-37-38-44-41)33-30-28-26-24-22-20-18-16-14-12-10-8-6-4-2/h17-20,39H,3-16,21-38H2,1-2H3,(H,42,45)(H,43,44). The highest BCUT2D eigenvalue weighted by Gasteiger charge is 2.18. The number of nitrogens with one attached hydrogen (secondary N) is 2. The minimum Gasteiger partial charge on any atom is -0.372 e. The molecule has 0 saturated carbocycles. The van der Waals surface area contributed by atoms with E-state index in [0.29, 0.717) is 12.3 Å². The number of allylic oxidation sites excluding steroid dienone is 4. The number of carbonyl (C=O) groups excluding carboxylic acids is 1. The lowest BCUT2D eigenvalue weighted by Gasteiger charge is -2.18. The Balaban J connectivity index is 1.98. The molecular weight excluding hydrogens is 550 g/mol. The van der Waals surface area contributed by atoms with Crippen molar-refractivity contribution in [3.8, 4) is 0 Å². The maximum absolute atomic E-state index is 12.3. The summed E-state index contributed by atoms with van der Waals surface area (Å²) in [6, 6.07) is 0. The summed E-state index contributed by atoms with van der Waals surface area (Å²) in [4.78, 5) is 17.1. The van der Waals surface area contributed by atoms with E-state index in [4.69, 9.17) is 4.99 Å². The SMILES string of the molecule is CCCCCCCCC=CCCCCCCCC(=O)NCCCC(CCCCCCC=CCCCCCCCC)C1=NCCN1. The zero-order valence-electron chi connectivity index (χ0n) is 30.4. The number of amidine groups is 1. The molecule has 2 N–H and O–H groups in total. The Morgan fingerprint density at radius 3 is 1.56 bits per heavy atom. The fraction of sp³-hybridized carbons (Fsp3) is 0.854. The van der Waals surface area contributed by atoms with Gasteiger partial charge in [0.1, 0.15) is 0 Å². The molecule has 0 radical (unpaired) electrons. The molecular formula is C41H77N3O. The van der Waals surface area contributed by atoms with Crippen molar-refractivity contribution in [3.63, 3.8) is 0 Å². The van der Waals surface area contributed by atoms with E-state index in [1.165, 1.54) is 166 Å². The zero-order chi connectivity index (χ0) is 32.3. The number of hydrogen-bond donors (Lipinski definition) is 2. The topological polar surface area (TPSA) is 53.5 Å². The van der Waals surface area contributed by atoms with Gasteiger partial charge in [-0.2, -0.15) is 0 Å². The van der Waals surface area contributed by atoms with Crippen molar-refractivity contribution in [2.75, 3.05) is 19.6 Å². The summed E-state index contributed by atoms with van der Waals surface area (Å²) in [5, 5.41) is 6.71. The predicted octanol–water partition coefficient (Wildman–Crippen LogP) is 12.2. The van der Waals surface area contributed by atoms with Gasteiger partial charge in [-0.15, -0.1) is 0 Å². The lowest BCUT2D eigenvalue weighted by Crippen LogP contribution is -2.29. The highest BCUT2D eigenvalue weighted by atomic mass is 16.1. The molecule has 1 aliphatic heterocycles. The summed E-state index contributed by atoms with van der Waals surface area (Å²) in [5.74, 6) is 2.00. The summed E-state index contributed by atoms with van der Waals surface area (Å²) in [5.41, 5.74) is 0. The second-order valence-electron chi connectivity index (χ2n) is 13.7. The average molecular weight is 628 g/mol. The van der Waals surface area contributed by atoms with Gasteiger partial charge in [-0.3, -0.25) is 9.79 Å². The van der Waals surface area contributed by atoms with Crippen LogP contribution in [0.15, 0.2) is 29.3 Å². The van der Waals surface area contributed by atoms with E-state index in [9.17, 15) is 4.79 Å². The van der Waals surface area contributed by atoms with E-state index in [1.807, 2.05) is 0 Å². The number of nitrogens with zero attached hydrogens (tertiary/aromatic N) is 1. The smallest absolute Gasteiger partial charge is 0.219 e. The van der Waals surface area contributed by atoms with Gasteiger partial charge in [-0.05, 0) is 77.0 Å². The zero-order valence-corrected chi connectivity index (χ0v) is 30.4. The average Bonchev–Trinajstić information content (AvgIpc) is 3.59. The van der Waals surface area contributed by atoms with Crippen molar-refractivity contribution < 1.29 is 4.79 Å². The van der Waals surface area contributed by atoms with Crippen LogP contribution >= 0.6 is 0 Å². The Hall–Kier alpha value is -1.58. The molecule has 0 aromatic heterocycles. The van der Waals surface area contributed by atoms with Gasteiger partial charge in [0.2, 0.25) is 5.91 Å². The van der Waals surface area contributed by atoms with Crippen LogP contribution in [0, 0.1) is 5.92 Å². The number of amides is 1. The Bertz CT molecular complexity index is 728. The van der Waals surface area contributed by atoms with Crippen molar-refractivity contribution in [1.29, 1.82) is 0 Å². The summed E-state index contributed by atoms with van der Waals surface area (Å²) < 4.78 is 0. The van der Waals surface area contributed by atoms with Gasteiger partial charge in [-0.25, -0.2) is 0 Å². The van der Waals surface area contributed by atoms with Crippen molar-refractivity contribution in [2.24, 2.45) is 10.9 Å². The Morgan fingerprint density at radius 2 is 1.07 bits per heavy atom. The third-order valence-corrected chi connectivity index (χ3v) is 9.37. The van der Waals surface area contributed by atoms with Crippen LogP contribution in [-0.4, -0.2) is 31.4 Å². The second kappa shape index (κ2) is 33.8. The molecule has 1 amide bonds. The molecule has 0 aromatic rings. The Kier molecular flexibility index (Phi) is 31.1. The first-order valence-electron chi connectivity index (χ1n) is 20.1. The fourth-order valence-corrected chi connectivity index (χ4v) is 6.41. The van der Waals surface area contributed by atoms with E-state index in [0.717, 1.165) is 38.9 Å². The first-order chi connectivity index (χ1) is 22.3. The van der Waals surface area contributed by atoms with Crippen LogP contribution in [0.5, 0.6) is 0 Å². The molecule has 0 saturated heterocycles. The molecule has 262 valence electrons. The van der Waals surface area contributed by atoms with Crippen LogP contribution in [0.3, 0.4) is 0 Å². The molecule has 0 spiro atoms. The molecule has 45 heavy (non-hydrogen) atoms. The second-order valence-corrected chi connectivity index (χ2v) is 13.7. The van der Waals surface area contributed by atoms with Gasteiger partial charge < -0.3 is 10.6 Å². The van der Waals surface area contributed by atoms with Crippen LogP contribution in [0.1, 0.15) is 200 Å². The Morgan fingerprint density at radius 1 is 0.622 bits per heavy atom. The molecule has 0 aliphatic carbocycles. The Labute approximate surface area is 281 Å². The van der Waals surface area contributed by atoms with Crippen LogP contribution in [-0.2, 0) is 4.79 Å². The normalized spacial score (nSPS) is 14.0.